The molecule has 4 nitrogen and oxygen atoms in total. The van der Waals surface area contributed by atoms with Crippen molar-refractivity contribution in [1.29, 1.82) is 0 Å². The van der Waals surface area contributed by atoms with E-state index in [1.165, 1.54) is 27.0 Å². The maximum atomic E-state index is 10.5. The largest absolute Gasteiger partial charge is 0.466 e. The molecule has 0 aliphatic heterocycles. The molecule has 0 aliphatic carbocycles. The highest BCUT2D eigenvalue weighted by Crippen LogP contribution is 2.08. The Morgan fingerprint density at radius 3 is 2.42 bits per heavy atom. The summed E-state index contributed by atoms with van der Waals surface area (Å²) in [7, 11) is 1.24. The lowest BCUT2D eigenvalue weighted by Gasteiger charge is -2.20. The lowest BCUT2D eigenvalue weighted by atomic mass is 10.0. The molecule has 0 unspecified atom stereocenters. The highest BCUT2D eigenvalue weighted by molar-refractivity contribution is 5.81. The fraction of sp³-hybridized carbons (Fsp3) is 0.625. The van der Waals surface area contributed by atoms with Crippen molar-refractivity contribution in [3.05, 3.63) is 12.2 Å². The maximum Gasteiger partial charge on any atom is 0.330 e. The molecule has 0 saturated heterocycles. The minimum Gasteiger partial charge on any atom is -0.466 e. The Bertz CT molecular complexity index is 178. The van der Waals surface area contributed by atoms with Crippen molar-refractivity contribution in [2.24, 2.45) is 0 Å². The van der Waals surface area contributed by atoms with Crippen LogP contribution in [0.3, 0.4) is 0 Å². The quantitative estimate of drug-likeness (QED) is 0.461. The van der Waals surface area contributed by atoms with Crippen molar-refractivity contribution in [3.63, 3.8) is 0 Å². The van der Waals surface area contributed by atoms with E-state index in [2.05, 4.69) is 4.74 Å². The molecule has 0 rings (SSSR count). The number of aliphatic hydroxyl groups excluding tert-OH is 1. The minimum absolute atomic E-state index is 0.557. The first-order valence-electron chi connectivity index (χ1n) is 3.54. The summed E-state index contributed by atoms with van der Waals surface area (Å²) in [6, 6.07) is 0. The number of ether oxygens (including phenoxy) is 1. The summed E-state index contributed by atoms with van der Waals surface area (Å²) in [6.45, 7) is 2.89. The molecule has 70 valence electrons. The van der Waals surface area contributed by atoms with Gasteiger partial charge in [0, 0.05) is 6.08 Å². The maximum absolute atomic E-state index is 10.5. The Kier molecular flexibility index (Phi) is 3.92. The van der Waals surface area contributed by atoms with Gasteiger partial charge < -0.3 is 14.9 Å². The summed E-state index contributed by atoms with van der Waals surface area (Å²) in [4.78, 5) is 10.5. The molecule has 0 aliphatic rings. The number of rotatable bonds is 3. The predicted molar refractivity (Wildman–Crippen MR) is 43.5 cm³/mol. The molecule has 0 amide bonds. The van der Waals surface area contributed by atoms with E-state index in [0.29, 0.717) is 0 Å². The van der Waals surface area contributed by atoms with E-state index >= 15 is 0 Å². The fourth-order valence-electron chi connectivity index (χ4n) is 0.473. The third-order valence-electron chi connectivity index (χ3n) is 1.34. The van der Waals surface area contributed by atoms with Gasteiger partial charge in [-0.1, -0.05) is 0 Å². The standard InChI is InChI=1S/C8H14O4/c1-8(2,11)6(9)4-5-7(10)12-3/h4-6,9,11H,1-3H3/b5-4+/t6-/m1/s1. The smallest absolute Gasteiger partial charge is 0.330 e. The van der Waals surface area contributed by atoms with Gasteiger partial charge in [0.05, 0.1) is 12.7 Å². The Balaban J connectivity index is 4.09. The first kappa shape index (κ1) is 11.1. The molecule has 12 heavy (non-hydrogen) atoms. The van der Waals surface area contributed by atoms with Crippen molar-refractivity contribution >= 4 is 5.97 Å². The highest BCUT2D eigenvalue weighted by atomic mass is 16.5. The second-order valence-electron chi connectivity index (χ2n) is 2.98. The first-order valence-corrected chi connectivity index (χ1v) is 3.54. The fourth-order valence-corrected chi connectivity index (χ4v) is 0.473. The van der Waals surface area contributed by atoms with E-state index in [1.807, 2.05) is 0 Å². The van der Waals surface area contributed by atoms with E-state index in [1.54, 1.807) is 0 Å². The van der Waals surface area contributed by atoms with Crippen LogP contribution in [0.2, 0.25) is 0 Å². The van der Waals surface area contributed by atoms with Crippen molar-refractivity contribution in [3.8, 4) is 0 Å². The molecule has 4 heteroatoms. The third-order valence-corrected chi connectivity index (χ3v) is 1.34. The molecule has 0 aromatic carbocycles. The monoisotopic (exact) mass is 174 g/mol. The third kappa shape index (κ3) is 4.10. The topological polar surface area (TPSA) is 66.8 Å². The van der Waals surface area contributed by atoms with E-state index < -0.39 is 17.7 Å². The van der Waals surface area contributed by atoms with Crippen molar-refractivity contribution < 1.29 is 19.7 Å². The van der Waals surface area contributed by atoms with Crippen LogP contribution in [0, 0.1) is 0 Å². The summed E-state index contributed by atoms with van der Waals surface area (Å²) < 4.78 is 4.29. The lowest BCUT2D eigenvalue weighted by molar-refractivity contribution is -0.134. The zero-order valence-electron chi connectivity index (χ0n) is 7.44. The molecule has 0 bridgehead atoms. The second kappa shape index (κ2) is 4.23. The SMILES string of the molecule is COC(=O)/C=C/[C@@H](O)C(C)(C)O. The number of hydrogen-bond donors (Lipinski definition) is 2. The average Bonchev–Trinajstić information content (AvgIpc) is 1.97. The van der Waals surface area contributed by atoms with Gasteiger partial charge in [-0.2, -0.15) is 0 Å². The number of aliphatic hydroxyl groups is 2. The Morgan fingerprint density at radius 2 is 2.08 bits per heavy atom. The van der Waals surface area contributed by atoms with Crippen LogP contribution in [-0.4, -0.2) is 35.0 Å². The van der Waals surface area contributed by atoms with Gasteiger partial charge in [-0.15, -0.1) is 0 Å². The van der Waals surface area contributed by atoms with Gasteiger partial charge in [0.1, 0.15) is 6.10 Å². The normalized spacial score (nSPS) is 14.8. The summed E-state index contributed by atoms with van der Waals surface area (Å²) in [5.41, 5.74) is -1.25. The highest BCUT2D eigenvalue weighted by Gasteiger charge is 2.21. The molecule has 0 fully saturated rings. The van der Waals surface area contributed by atoms with E-state index in [0.717, 1.165) is 6.08 Å². The minimum atomic E-state index is -1.25. The van der Waals surface area contributed by atoms with E-state index in [9.17, 15) is 15.0 Å². The summed E-state index contributed by atoms with van der Waals surface area (Å²) >= 11 is 0. The van der Waals surface area contributed by atoms with Crippen LogP contribution in [0.15, 0.2) is 12.2 Å². The average molecular weight is 174 g/mol. The number of esters is 1. The zero-order chi connectivity index (χ0) is 9.78. The van der Waals surface area contributed by atoms with Gasteiger partial charge >= 0.3 is 5.97 Å². The summed E-state index contributed by atoms with van der Waals surface area (Å²) in [5.74, 6) is -0.557. The van der Waals surface area contributed by atoms with Crippen LogP contribution in [-0.2, 0) is 9.53 Å². The Labute approximate surface area is 71.5 Å². The van der Waals surface area contributed by atoms with E-state index in [-0.39, 0.29) is 0 Å². The van der Waals surface area contributed by atoms with Crippen LogP contribution in [0.5, 0.6) is 0 Å². The van der Waals surface area contributed by atoms with Gasteiger partial charge in [0.25, 0.3) is 0 Å². The van der Waals surface area contributed by atoms with Gasteiger partial charge in [-0.3, -0.25) is 0 Å². The molecular weight excluding hydrogens is 160 g/mol. The molecule has 0 radical (unpaired) electrons. The lowest BCUT2D eigenvalue weighted by Crippen LogP contribution is -2.34. The van der Waals surface area contributed by atoms with Crippen LogP contribution >= 0.6 is 0 Å². The number of carbonyl (C=O) groups is 1. The van der Waals surface area contributed by atoms with E-state index in [4.69, 9.17) is 0 Å². The van der Waals surface area contributed by atoms with Crippen LogP contribution in [0.4, 0.5) is 0 Å². The molecule has 0 spiro atoms. The number of hydrogen-bond acceptors (Lipinski definition) is 4. The Hall–Kier alpha value is -0.870. The first-order chi connectivity index (χ1) is 5.38. The van der Waals surface area contributed by atoms with Gasteiger partial charge in [0.15, 0.2) is 0 Å². The number of methoxy groups -OCH3 is 1. The van der Waals surface area contributed by atoms with Gasteiger partial charge in [-0.05, 0) is 19.9 Å². The molecule has 0 heterocycles. The zero-order valence-corrected chi connectivity index (χ0v) is 7.44. The molecule has 1 atom stereocenters. The van der Waals surface area contributed by atoms with Crippen molar-refractivity contribution in [2.75, 3.05) is 7.11 Å². The summed E-state index contributed by atoms with van der Waals surface area (Å²) in [5, 5.41) is 18.4. The molecule has 0 aromatic heterocycles. The number of carbonyl (C=O) groups excluding carboxylic acids is 1. The van der Waals surface area contributed by atoms with Crippen molar-refractivity contribution in [1.82, 2.24) is 0 Å². The van der Waals surface area contributed by atoms with Crippen LogP contribution in [0.1, 0.15) is 13.8 Å². The molecule has 0 aromatic rings. The van der Waals surface area contributed by atoms with Gasteiger partial charge in [0.2, 0.25) is 0 Å². The second-order valence-corrected chi connectivity index (χ2v) is 2.98. The van der Waals surface area contributed by atoms with Gasteiger partial charge in [-0.25, -0.2) is 4.79 Å². The Morgan fingerprint density at radius 1 is 1.58 bits per heavy atom. The van der Waals surface area contributed by atoms with Crippen LogP contribution < -0.4 is 0 Å². The predicted octanol–water partition coefficient (Wildman–Crippen LogP) is -0.153. The van der Waals surface area contributed by atoms with Crippen molar-refractivity contribution in [2.45, 2.75) is 25.6 Å². The molecular formula is C8H14O4. The molecule has 0 saturated carbocycles. The van der Waals surface area contributed by atoms with Crippen LogP contribution in [0.25, 0.3) is 0 Å². The molecule has 2 N–H and O–H groups in total. The summed E-state index contributed by atoms with van der Waals surface area (Å²) in [6.07, 6.45) is 1.19.